The number of carbonyl (C=O) groups excluding carboxylic acids is 3. The summed E-state index contributed by atoms with van der Waals surface area (Å²) in [6.45, 7) is -11.2. The van der Waals surface area contributed by atoms with Gasteiger partial charge in [0.1, 0.15) is 11.8 Å². The van der Waals surface area contributed by atoms with E-state index in [1.807, 2.05) is 19.9 Å². The lowest BCUT2D eigenvalue weighted by Crippen LogP contribution is -2.45. The molecule has 8 nitrogen and oxygen atoms in total. The lowest BCUT2D eigenvalue weighted by Gasteiger charge is -2.21. The van der Waals surface area contributed by atoms with E-state index in [2.05, 4.69) is 10.6 Å². The first-order chi connectivity index (χ1) is 18.6. The average molecular weight is 435 g/mol. The maximum Gasteiger partial charge on any atom is 0.254 e. The zero-order valence-corrected chi connectivity index (χ0v) is 16.8. The predicted octanol–water partition coefficient (Wildman–Crippen LogP) is 2.99. The van der Waals surface area contributed by atoms with Gasteiger partial charge in [-0.05, 0) is 62.9 Å². The number of fused-ring (bicyclic) bond motifs is 1. The summed E-state index contributed by atoms with van der Waals surface area (Å²) >= 11 is 0. The van der Waals surface area contributed by atoms with Crippen LogP contribution in [0.25, 0.3) is 0 Å². The Morgan fingerprint density at radius 3 is 2.48 bits per heavy atom. The molecule has 0 bridgehead atoms. The maximum atomic E-state index is 13.2. The minimum absolute atomic E-state index is 0.0495. The fraction of sp³-hybridized carbons (Fsp3) is 0.348. The van der Waals surface area contributed by atoms with Crippen LogP contribution in [-0.4, -0.2) is 41.7 Å². The second kappa shape index (κ2) is 9.07. The molecule has 0 unspecified atom stereocenters. The van der Waals surface area contributed by atoms with Gasteiger partial charge in [-0.15, -0.1) is 0 Å². The number of benzene rings is 2. The molecule has 1 aliphatic heterocycles. The Kier molecular flexibility index (Phi) is 3.61. The molecular weight excluding hydrogens is 396 g/mol. The van der Waals surface area contributed by atoms with Crippen molar-refractivity contribution in [3.63, 3.8) is 0 Å². The Morgan fingerprint density at radius 2 is 1.84 bits per heavy atom. The first kappa shape index (κ1) is 12.3. The first-order valence-electron chi connectivity index (χ1n) is 14.2. The van der Waals surface area contributed by atoms with Crippen molar-refractivity contribution in [1.82, 2.24) is 10.2 Å². The molecule has 0 aliphatic carbocycles. The Bertz CT molecular complexity index is 1350. The molecule has 1 heterocycles. The van der Waals surface area contributed by atoms with Crippen molar-refractivity contribution in [2.45, 2.75) is 40.0 Å². The van der Waals surface area contributed by atoms with Crippen LogP contribution in [-0.2, 0) is 9.59 Å². The van der Waals surface area contributed by atoms with Crippen LogP contribution in [0.15, 0.2) is 30.3 Å². The van der Waals surface area contributed by atoms with Gasteiger partial charge in [0.2, 0.25) is 11.8 Å². The summed E-state index contributed by atoms with van der Waals surface area (Å²) in [6.07, 6.45) is -1.17. The summed E-state index contributed by atoms with van der Waals surface area (Å²) in [5.41, 5.74) is 7.78. The SMILES string of the molecule is [2H]C([2H])([2H])C([2H])([2H])N(C(=O)C[C@@H]1NC(=O)c2cc(Oc3cc(C)cc(C)c3)c(N)cc2NC1=O)C([2H])([2H])C([2H])([2H])[2H]. The van der Waals surface area contributed by atoms with Gasteiger partial charge in [0.25, 0.3) is 5.91 Å². The molecule has 0 radical (unpaired) electrons. The van der Waals surface area contributed by atoms with Gasteiger partial charge in [-0.3, -0.25) is 14.4 Å². The van der Waals surface area contributed by atoms with E-state index in [1.165, 1.54) is 12.1 Å². The van der Waals surface area contributed by atoms with Crippen LogP contribution in [0.2, 0.25) is 0 Å². The average Bonchev–Trinajstić information content (AvgIpc) is 2.87. The molecule has 0 fully saturated rings. The molecular formula is C23H28N4O4. The van der Waals surface area contributed by atoms with Crippen molar-refractivity contribution in [2.75, 3.05) is 24.0 Å². The summed E-state index contributed by atoms with van der Waals surface area (Å²) in [4.78, 5) is 38.7. The van der Waals surface area contributed by atoms with Gasteiger partial charge in [0.05, 0.1) is 23.4 Å². The summed E-state index contributed by atoms with van der Waals surface area (Å²) in [5.74, 6) is -3.07. The Morgan fingerprint density at radius 1 is 1.16 bits per heavy atom. The topological polar surface area (TPSA) is 114 Å². The normalized spacial score (nSPS) is 21.9. The van der Waals surface area contributed by atoms with Crippen molar-refractivity contribution in [3.05, 3.63) is 47.0 Å². The zero-order chi connectivity index (χ0) is 31.3. The number of aryl methyl sites for hydroxylation is 2. The van der Waals surface area contributed by atoms with E-state index in [1.54, 1.807) is 12.1 Å². The zero-order valence-electron chi connectivity index (χ0n) is 26.8. The van der Waals surface area contributed by atoms with Crippen LogP contribution in [0.3, 0.4) is 0 Å². The highest BCUT2D eigenvalue weighted by Crippen LogP contribution is 2.34. The molecule has 0 saturated heterocycles. The van der Waals surface area contributed by atoms with Crippen molar-refractivity contribution < 1.29 is 32.8 Å². The first-order valence-corrected chi connectivity index (χ1v) is 9.21. The second-order valence-corrected chi connectivity index (χ2v) is 7.03. The van der Waals surface area contributed by atoms with E-state index in [4.69, 9.17) is 24.2 Å². The van der Waals surface area contributed by atoms with Gasteiger partial charge in [-0.2, -0.15) is 0 Å². The Balaban J connectivity index is 1.94. The number of nitrogens with one attached hydrogen (secondary N) is 2. The molecule has 164 valence electrons. The fourth-order valence-electron chi connectivity index (χ4n) is 3.18. The number of hydrogen-bond acceptors (Lipinski definition) is 5. The largest absolute Gasteiger partial charge is 0.455 e. The van der Waals surface area contributed by atoms with Crippen LogP contribution in [0.5, 0.6) is 11.5 Å². The fourth-order valence-corrected chi connectivity index (χ4v) is 3.18. The molecule has 1 atom stereocenters. The monoisotopic (exact) mass is 434 g/mol. The van der Waals surface area contributed by atoms with Crippen LogP contribution in [0.1, 0.15) is 55.3 Å². The van der Waals surface area contributed by atoms with Crippen molar-refractivity contribution in [2.24, 2.45) is 0 Å². The number of hydrogen-bond donors (Lipinski definition) is 3. The van der Waals surface area contributed by atoms with Gasteiger partial charge in [-0.25, -0.2) is 0 Å². The van der Waals surface area contributed by atoms with Crippen LogP contribution in [0.4, 0.5) is 11.4 Å². The molecule has 0 spiro atoms. The van der Waals surface area contributed by atoms with Crippen molar-refractivity contribution >= 4 is 29.1 Å². The van der Waals surface area contributed by atoms with Gasteiger partial charge >= 0.3 is 0 Å². The quantitative estimate of drug-likeness (QED) is 0.605. The third-order valence-electron chi connectivity index (χ3n) is 4.55. The lowest BCUT2D eigenvalue weighted by atomic mass is 10.1. The third-order valence-corrected chi connectivity index (χ3v) is 4.55. The highest BCUT2D eigenvalue weighted by atomic mass is 16.5. The van der Waals surface area contributed by atoms with Gasteiger partial charge in [-0.1, -0.05) is 6.07 Å². The molecule has 0 saturated carbocycles. The Hall–Kier alpha value is -3.55. The minimum atomic E-state index is -3.80. The molecule has 0 aromatic heterocycles. The number of nitrogens with two attached hydrogens (primary N) is 1. The molecule has 3 rings (SSSR count). The van der Waals surface area contributed by atoms with E-state index in [-0.39, 0.29) is 22.7 Å². The van der Waals surface area contributed by atoms with Gasteiger partial charge < -0.3 is 26.0 Å². The van der Waals surface area contributed by atoms with Crippen LogP contribution in [0, 0.1) is 13.8 Å². The number of rotatable bonds is 6. The highest BCUT2D eigenvalue weighted by Gasteiger charge is 2.31. The number of ether oxygens (including phenoxy) is 1. The van der Waals surface area contributed by atoms with Crippen LogP contribution >= 0.6 is 0 Å². The summed E-state index contributed by atoms with van der Waals surface area (Å²) in [7, 11) is 0. The second-order valence-electron chi connectivity index (χ2n) is 7.03. The number of nitrogen functional groups attached to an aromatic ring is 1. The summed E-state index contributed by atoms with van der Waals surface area (Å²) in [6, 6.07) is 6.14. The lowest BCUT2D eigenvalue weighted by molar-refractivity contribution is -0.133. The van der Waals surface area contributed by atoms with Crippen molar-refractivity contribution in [1.29, 1.82) is 0 Å². The molecule has 4 N–H and O–H groups in total. The van der Waals surface area contributed by atoms with E-state index in [0.717, 1.165) is 11.1 Å². The standard InChI is InChI=1S/C23H28N4O4/c1-5-27(6-2)21(28)12-19-23(30)25-18-11-17(24)20(10-16(18)22(29)26-19)31-15-8-13(3)7-14(4)9-15/h7-11,19H,5-6,12,24H2,1-4H3,(H,25,30)(H,26,29)/t19-/m0/s1/i1D3,2D3,5D2,6D2. The minimum Gasteiger partial charge on any atom is -0.455 e. The summed E-state index contributed by atoms with van der Waals surface area (Å²) < 4.78 is 82.2. The number of nitrogens with zero attached hydrogens (tertiary/aromatic N) is 1. The molecule has 3 amide bonds. The number of carbonyl (C=O) groups is 3. The highest BCUT2D eigenvalue weighted by molar-refractivity contribution is 6.11. The third kappa shape index (κ3) is 4.96. The molecule has 1 aliphatic rings. The van der Waals surface area contributed by atoms with E-state index in [0.29, 0.717) is 5.75 Å². The van der Waals surface area contributed by atoms with Gasteiger partial charge in [0, 0.05) is 26.7 Å². The number of anilines is 2. The number of amides is 3. The van der Waals surface area contributed by atoms with Gasteiger partial charge in [0.15, 0.2) is 5.75 Å². The molecule has 8 heteroatoms. The van der Waals surface area contributed by atoms with E-state index < -0.39 is 61.8 Å². The molecule has 31 heavy (non-hydrogen) atoms. The van der Waals surface area contributed by atoms with E-state index >= 15 is 0 Å². The Labute approximate surface area is 195 Å². The predicted molar refractivity (Wildman–Crippen MR) is 119 cm³/mol. The van der Waals surface area contributed by atoms with Crippen LogP contribution < -0.4 is 21.1 Å². The van der Waals surface area contributed by atoms with Crippen molar-refractivity contribution in [3.8, 4) is 11.5 Å². The van der Waals surface area contributed by atoms with E-state index in [9.17, 15) is 14.4 Å². The maximum absolute atomic E-state index is 13.2. The summed E-state index contributed by atoms with van der Waals surface area (Å²) in [5, 5.41) is 4.66. The molecule has 2 aromatic rings. The smallest absolute Gasteiger partial charge is 0.254 e. The molecule has 2 aromatic carbocycles.